The molecule has 0 radical (unpaired) electrons. The summed E-state index contributed by atoms with van der Waals surface area (Å²) in [4.78, 5) is 12.0. The molecule has 4 heteroatoms. The molecule has 1 heterocycles. The van der Waals surface area contributed by atoms with Gasteiger partial charge in [-0.05, 0) is 13.8 Å². The highest BCUT2D eigenvalue weighted by Gasteiger charge is 2.32. The van der Waals surface area contributed by atoms with E-state index in [1.54, 1.807) is 0 Å². The molecular formula is C8H14FNO2. The Morgan fingerprint density at radius 1 is 1.75 bits per heavy atom. The molecule has 1 fully saturated rings. The summed E-state index contributed by atoms with van der Waals surface area (Å²) in [6.07, 6.45) is 0.689. The van der Waals surface area contributed by atoms with Crippen LogP contribution < -0.4 is 0 Å². The molecular weight excluding hydrogens is 161 g/mol. The first-order valence-corrected chi connectivity index (χ1v) is 4.00. The first-order chi connectivity index (χ1) is 5.59. The minimum atomic E-state index is -0.533. The summed E-state index contributed by atoms with van der Waals surface area (Å²) < 4.78 is 17.6. The van der Waals surface area contributed by atoms with Crippen LogP contribution in [0.3, 0.4) is 0 Å². The van der Waals surface area contributed by atoms with Gasteiger partial charge in [0.25, 0.3) is 0 Å². The average Bonchev–Trinajstić information content (AvgIpc) is 2.03. The smallest absolute Gasteiger partial charge is 0.210 e. The molecule has 0 aromatic carbocycles. The zero-order chi connectivity index (χ0) is 9.19. The molecule has 12 heavy (non-hydrogen) atoms. The summed E-state index contributed by atoms with van der Waals surface area (Å²) in [5.41, 5.74) is -0.341. The molecule has 0 aromatic heterocycles. The molecule has 1 atom stereocenters. The standard InChI is InChI=1S/C8H14FNO2/c1-8(2)5-10(6-11)7(3-9)4-12-8/h6-7H,3-5H2,1-2H3. The topological polar surface area (TPSA) is 29.5 Å². The summed E-state index contributed by atoms with van der Waals surface area (Å²) in [7, 11) is 0. The molecule has 1 amide bonds. The van der Waals surface area contributed by atoms with Gasteiger partial charge in [-0.2, -0.15) is 0 Å². The van der Waals surface area contributed by atoms with Gasteiger partial charge in [-0.15, -0.1) is 0 Å². The van der Waals surface area contributed by atoms with E-state index in [9.17, 15) is 9.18 Å². The Morgan fingerprint density at radius 2 is 2.42 bits per heavy atom. The van der Waals surface area contributed by atoms with E-state index in [-0.39, 0.29) is 5.60 Å². The van der Waals surface area contributed by atoms with E-state index in [1.165, 1.54) is 4.90 Å². The van der Waals surface area contributed by atoms with Crippen LogP contribution in [0.1, 0.15) is 13.8 Å². The average molecular weight is 175 g/mol. The fourth-order valence-electron chi connectivity index (χ4n) is 1.29. The zero-order valence-corrected chi connectivity index (χ0v) is 7.42. The van der Waals surface area contributed by atoms with Crippen molar-refractivity contribution in [2.75, 3.05) is 19.8 Å². The highest BCUT2D eigenvalue weighted by atomic mass is 19.1. The van der Waals surface area contributed by atoms with Crippen molar-refractivity contribution in [2.45, 2.75) is 25.5 Å². The summed E-state index contributed by atoms with van der Waals surface area (Å²) >= 11 is 0. The molecule has 0 bridgehead atoms. The number of carbonyl (C=O) groups excluding carboxylic acids is 1. The summed E-state index contributed by atoms with van der Waals surface area (Å²) in [5.74, 6) is 0. The van der Waals surface area contributed by atoms with Crippen molar-refractivity contribution in [1.29, 1.82) is 0 Å². The number of hydrogen-bond acceptors (Lipinski definition) is 2. The second-order valence-corrected chi connectivity index (χ2v) is 3.66. The van der Waals surface area contributed by atoms with Crippen LogP contribution in [0.15, 0.2) is 0 Å². The lowest BCUT2D eigenvalue weighted by Crippen LogP contribution is -2.54. The molecule has 1 saturated heterocycles. The fourth-order valence-corrected chi connectivity index (χ4v) is 1.29. The molecule has 0 saturated carbocycles. The first-order valence-electron chi connectivity index (χ1n) is 4.00. The maximum atomic E-state index is 12.3. The first kappa shape index (κ1) is 9.45. The molecule has 0 N–H and O–H groups in total. The van der Waals surface area contributed by atoms with Crippen LogP contribution in [0, 0.1) is 0 Å². The van der Waals surface area contributed by atoms with Gasteiger partial charge >= 0.3 is 0 Å². The van der Waals surface area contributed by atoms with Crippen molar-refractivity contribution in [1.82, 2.24) is 4.90 Å². The number of hydrogen-bond donors (Lipinski definition) is 0. The Morgan fingerprint density at radius 3 is 2.92 bits per heavy atom. The van der Waals surface area contributed by atoms with E-state index in [4.69, 9.17) is 4.74 Å². The number of amides is 1. The quantitative estimate of drug-likeness (QED) is 0.575. The van der Waals surface area contributed by atoms with Gasteiger partial charge in [-0.1, -0.05) is 0 Å². The van der Waals surface area contributed by atoms with Gasteiger partial charge in [0, 0.05) is 6.54 Å². The molecule has 1 rings (SSSR count). The van der Waals surface area contributed by atoms with Crippen LogP contribution in [0.25, 0.3) is 0 Å². The highest BCUT2D eigenvalue weighted by molar-refractivity contribution is 5.48. The lowest BCUT2D eigenvalue weighted by molar-refractivity contribution is -0.145. The number of nitrogens with zero attached hydrogens (tertiary/aromatic N) is 1. The fraction of sp³-hybridized carbons (Fsp3) is 0.875. The Balaban J connectivity index is 2.59. The van der Waals surface area contributed by atoms with Gasteiger partial charge in [0.2, 0.25) is 6.41 Å². The lowest BCUT2D eigenvalue weighted by Gasteiger charge is -2.40. The number of halogens is 1. The minimum Gasteiger partial charge on any atom is -0.371 e. The Bertz CT molecular complexity index is 172. The van der Waals surface area contributed by atoms with Crippen molar-refractivity contribution in [3.63, 3.8) is 0 Å². The van der Waals surface area contributed by atoms with Crippen LogP contribution >= 0.6 is 0 Å². The molecule has 0 aliphatic carbocycles. The van der Waals surface area contributed by atoms with Crippen LogP contribution in [0.5, 0.6) is 0 Å². The summed E-state index contributed by atoms with van der Waals surface area (Å²) in [5, 5.41) is 0. The van der Waals surface area contributed by atoms with E-state index in [0.717, 1.165) is 0 Å². The van der Waals surface area contributed by atoms with E-state index >= 15 is 0 Å². The van der Waals surface area contributed by atoms with Gasteiger partial charge in [-0.3, -0.25) is 4.79 Å². The second-order valence-electron chi connectivity index (χ2n) is 3.66. The third-order valence-corrected chi connectivity index (χ3v) is 2.01. The van der Waals surface area contributed by atoms with Gasteiger partial charge in [-0.25, -0.2) is 4.39 Å². The normalized spacial score (nSPS) is 28.6. The van der Waals surface area contributed by atoms with Crippen LogP contribution in [-0.2, 0) is 9.53 Å². The third-order valence-electron chi connectivity index (χ3n) is 2.01. The monoisotopic (exact) mass is 175 g/mol. The van der Waals surface area contributed by atoms with Crippen molar-refractivity contribution in [3.8, 4) is 0 Å². The molecule has 70 valence electrons. The van der Waals surface area contributed by atoms with Crippen molar-refractivity contribution in [3.05, 3.63) is 0 Å². The van der Waals surface area contributed by atoms with E-state index in [1.807, 2.05) is 13.8 Å². The zero-order valence-electron chi connectivity index (χ0n) is 7.42. The summed E-state index contributed by atoms with van der Waals surface area (Å²) in [6.45, 7) is 4.00. The van der Waals surface area contributed by atoms with E-state index in [0.29, 0.717) is 19.6 Å². The highest BCUT2D eigenvalue weighted by Crippen LogP contribution is 2.19. The van der Waals surface area contributed by atoms with Crippen LogP contribution in [0.4, 0.5) is 4.39 Å². The Labute approximate surface area is 71.5 Å². The maximum absolute atomic E-state index is 12.3. The molecule has 0 aromatic rings. The Kier molecular flexibility index (Phi) is 2.67. The lowest BCUT2D eigenvalue weighted by atomic mass is 10.1. The molecule has 3 nitrogen and oxygen atoms in total. The summed E-state index contributed by atoms with van der Waals surface area (Å²) in [6, 6.07) is -0.393. The van der Waals surface area contributed by atoms with Gasteiger partial charge in [0.15, 0.2) is 0 Å². The van der Waals surface area contributed by atoms with Crippen molar-refractivity contribution < 1.29 is 13.9 Å². The number of morpholine rings is 1. The van der Waals surface area contributed by atoms with Crippen molar-refractivity contribution in [2.24, 2.45) is 0 Å². The van der Waals surface area contributed by atoms with Crippen LogP contribution in [0.2, 0.25) is 0 Å². The SMILES string of the molecule is CC1(C)CN(C=O)C(CF)CO1. The van der Waals surface area contributed by atoms with Gasteiger partial charge in [0.1, 0.15) is 6.67 Å². The number of carbonyl (C=O) groups is 1. The van der Waals surface area contributed by atoms with Gasteiger partial charge < -0.3 is 9.64 Å². The number of ether oxygens (including phenoxy) is 1. The second kappa shape index (κ2) is 3.39. The minimum absolute atomic E-state index is 0.294. The Hall–Kier alpha value is -0.640. The van der Waals surface area contributed by atoms with E-state index < -0.39 is 12.7 Å². The van der Waals surface area contributed by atoms with Gasteiger partial charge in [0.05, 0.1) is 18.2 Å². The molecule has 0 spiro atoms. The van der Waals surface area contributed by atoms with Crippen LogP contribution in [-0.4, -0.2) is 42.8 Å². The molecule has 1 unspecified atom stereocenters. The predicted molar refractivity (Wildman–Crippen MR) is 42.6 cm³/mol. The predicted octanol–water partition coefficient (Wildman–Crippen LogP) is 0.592. The molecule has 1 aliphatic heterocycles. The third kappa shape index (κ3) is 1.94. The maximum Gasteiger partial charge on any atom is 0.210 e. The largest absolute Gasteiger partial charge is 0.371 e. The van der Waals surface area contributed by atoms with Crippen molar-refractivity contribution >= 4 is 6.41 Å². The molecule has 1 aliphatic rings. The van der Waals surface area contributed by atoms with E-state index in [2.05, 4.69) is 0 Å². The number of alkyl halides is 1. The number of rotatable bonds is 2.